The maximum Gasteiger partial charge on any atom is 0.511 e. The summed E-state index contributed by atoms with van der Waals surface area (Å²) in [6.07, 6.45) is -1.53. The molecule has 13 heteroatoms. The Morgan fingerprint density at radius 3 is 2.60 bits per heavy atom. The van der Waals surface area contributed by atoms with Gasteiger partial charge in [-0.1, -0.05) is 0 Å². The number of rotatable bonds is 5. The SMILES string of the molecule is O=C(OCOC(=O)C(F)(F)S(=O)(=O)O)OC1C2CC3C(=O)OC1C3C2. The zero-order valence-electron chi connectivity index (χ0n) is 12.3. The predicted octanol–water partition coefficient (Wildman–Crippen LogP) is 0.0709. The smallest absolute Gasteiger partial charge is 0.458 e. The van der Waals surface area contributed by atoms with Crippen LogP contribution >= 0.6 is 0 Å². The Labute approximate surface area is 139 Å². The fourth-order valence-electron chi connectivity index (χ4n) is 3.53. The topological polar surface area (TPSA) is 142 Å². The molecule has 2 saturated carbocycles. The Morgan fingerprint density at radius 2 is 1.96 bits per heavy atom. The van der Waals surface area contributed by atoms with E-state index in [1.807, 2.05) is 0 Å². The van der Waals surface area contributed by atoms with Crippen LogP contribution in [0.4, 0.5) is 13.6 Å². The van der Waals surface area contributed by atoms with E-state index in [1.165, 1.54) is 0 Å². The summed E-state index contributed by atoms with van der Waals surface area (Å²) >= 11 is 0. The van der Waals surface area contributed by atoms with E-state index in [-0.39, 0.29) is 23.7 Å². The summed E-state index contributed by atoms with van der Waals surface area (Å²) in [6, 6.07) is 0. The van der Waals surface area contributed by atoms with Gasteiger partial charge in [-0.15, -0.1) is 0 Å². The van der Waals surface area contributed by atoms with Crippen molar-refractivity contribution in [3.05, 3.63) is 0 Å². The molecular weight excluding hydrogens is 374 g/mol. The van der Waals surface area contributed by atoms with Crippen molar-refractivity contribution in [1.29, 1.82) is 0 Å². The molecule has 5 unspecified atom stereocenters. The first kappa shape index (κ1) is 17.8. The zero-order chi connectivity index (χ0) is 18.6. The molecule has 1 aliphatic heterocycles. The summed E-state index contributed by atoms with van der Waals surface area (Å²) in [7, 11) is -6.02. The molecule has 2 aliphatic carbocycles. The van der Waals surface area contributed by atoms with E-state index < -0.39 is 46.5 Å². The lowest BCUT2D eigenvalue weighted by Gasteiger charge is -2.24. The lowest BCUT2D eigenvalue weighted by Crippen LogP contribution is -2.39. The van der Waals surface area contributed by atoms with Crippen LogP contribution in [0.3, 0.4) is 0 Å². The van der Waals surface area contributed by atoms with Crippen LogP contribution in [0.2, 0.25) is 0 Å². The summed E-state index contributed by atoms with van der Waals surface area (Å²) in [5.41, 5.74) is 0. The number of hydrogen-bond donors (Lipinski definition) is 1. The predicted molar refractivity (Wildman–Crippen MR) is 68.4 cm³/mol. The van der Waals surface area contributed by atoms with Gasteiger partial charge in [-0.25, -0.2) is 9.59 Å². The highest BCUT2D eigenvalue weighted by atomic mass is 32.2. The van der Waals surface area contributed by atoms with Gasteiger partial charge >= 0.3 is 33.5 Å². The second-order valence-corrected chi connectivity index (χ2v) is 7.38. The average Bonchev–Trinajstić information content (AvgIpc) is 3.10. The van der Waals surface area contributed by atoms with Crippen LogP contribution in [-0.4, -0.2) is 55.3 Å². The molecule has 3 aliphatic rings. The van der Waals surface area contributed by atoms with Crippen molar-refractivity contribution >= 4 is 28.2 Å². The highest BCUT2D eigenvalue weighted by molar-refractivity contribution is 7.87. The molecule has 0 aromatic rings. The van der Waals surface area contributed by atoms with Crippen molar-refractivity contribution in [2.75, 3.05) is 6.79 Å². The average molecular weight is 386 g/mol. The van der Waals surface area contributed by atoms with Gasteiger partial charge in [0.1, 0.15) is 12.2 Å². The molecule has 1 heterocycles. The monoisotopic (exact) mass is 386 g/mol. The Balaban J connectivity index is 1.47. The van der Waals surface area contributed by atoms with Gasteiger partial charge in [0.2, 0.25) is 6.79 Å². The molecule has 0 radical (unpaired) electrons. The maximum atomic E-state index is 12.9. The molecular formula is C12H12F2O10S. The van der Waals surface area contributed by atoms with Crippen molar-refractivity contribution < 1.29 is 55.1 Å². The van der Waals surface area contributed by atoms with Gasteiger partial charge in [0.25, 0.3) is 0 Å². The van der Waals surface area contributed by atoms with Crippen LogP contribution in [0, 0.1) is 17.8 Å². The molecule has 3 rings (SSSR count). The lowest BCUT2D eigenvalue weighted by molar-refractivity contribution is -0.172. The van der Waals surface area contributed by atoms with Crippen molar-refractivity contribution in [2.24, 2.45) is 17.8 Å². The Kier molecular flexibility index (Phi) is 4.10. The molecule has 0 spiro atoms. The normalized spacial score (nSPS) is 33.1. The summed E-state index contributed by atoms with van der Waals surface area (Å²) in [5.74, 6) is -3.30. The largest absolute Gasteiger partial charge is 0.511 e. The zero-order valence-corrected chi connectivity index (χ0v) is 13.1. The third-order valence-electron chi connectivity index (χ3n) is 4.57. The number of carbonyl (C=O) groups excluding carboxylic acids is 3. The van der Waals surface area contributed by atoms with Gasteiger partial charge < -0.3 is 18.9 Å². The van der Waals surface area contributed by atoms with Crippen molar-refractivity contribution in [3.8, 4) is 0 Å². The Morgan fingerprint density at radius 1 is 1.28 bits per heavy atom. The van der Waals surface area contributed by atoms with E-state index in [0.29, 0.717) is 12.8 Å². The van der Waals surface area contributed by atoms with E-state index >= 15 is 0 Å². The third-order valence-corrected chi connectivity index (χ3v) is 5.39. The first-order chi connectivity index (χ1) is 11.5. The quantitative estimate of drug-likeness (QED) is 0.298. The van der Waals surface area contributed by atoms with Crippen LogP contribution < -0.4 is 0 Å². The number of fused-ring (bicyclic) bond motifs is 1. The van der Waals surface area contributed by atoms with Crippen molar-refractivity contribution in [1.82, 2.24) is 0 Å². The molecule has 3 fully saturated rings. The van der Waals surface area contributed by atoms with E-state index in [2.05, 4.69) is 9.47 Å². The Hall–Kier alpha value is -2.02. The first-order valence-electron chi connectivity index (χ1n) is 7.08. The van der Waals surface area contributed by atoms with Gasteiger partial charge in [-0.3, -0.25) is 9.35 Å². The third kappa shape index (κ3) is 2.90. The standard InChI is InChI=1S/C12H12F2O10S/c13-12(14,25(18,19)20)10(16)21-3-22-11(17)24-7-4-1-5-6(2-4)9(15)23-8(5)7/h4-8H,1-3H2,(H,18,19,20). The molecule has 0 aromatic heterocycles. The number of carbonyl (C=O) groups is 3. The van der Waals surface area contributed by atoms with Gasteiger partial charge in [-0.2, -0.15) is 17.2 Å². The van der Waals surface area contributed by atoms with E-state index in [1.54, 1.807) is 0 Å². The summed E-state index contributed by atoms with van der Waals surface area (Å²) in [5, 5.41) is -5.20. The fourth-order valence-corrected chi connectivity index (χ4v) is 3.80. The molecule has 10 nitrogen and oxygen atoms in total. The molecule has 2 bridgehead atoms. The minimum absolute atomic E-state index is 0.0402. The fraction of sp³-hybridized carbons (Fsp3) is 0.750. The van der Waals surface area contributed by atoms with Crippen LogP contribution in [0.1, 0.15) is 12.8 Å². The number of esters is 2. The van der Waals surface area contributed by atoms with E-state index in [9.17, 15) is 31.6 Å². The van der Waals surface area contributed by atoms with E-state index in [4.69, 9.17) is 14.0 Å². The number of alkyl halides is 2. The van der Waals surface area contributed by atoms with Crippen LogP contribution in [0.25, 0.3) is 0 Å². The summed E-state index contributed by atoms with van der Waals surface area (Å²) < 4.78 is 72.8. The van der Waals surface area contributed by atoms with E-state index in [0.717, 1.165) is 0 Å². The highest BCUT2D eigenvalue weighted by Crippen LogP contribution is 2.55. The lowest BCUT2D eigenvalue weighted by atomic mass is 9.88. The van der Waals surface area contributed by atoms with Crippen LogP contribution in [0.5, 0.6) is 0 Å². The molecule has 0 amide bonds. The molecule has 0 aromatic carbocycles. The number of hydrogen-bond acceptors (Lipinski definition) is 9. The first-order valence-corrected chi connectivity index (χ1v) is 8.52. The number of ether oxygens (including phenoxy) is 4. The molecule has 25 heavy (non-hydrogen) atoms. The van der Waals surface area contributed by atoms with Gasteiger partial charge in [0, 0.05) is 11.8 Å². The molecule has 5 atom stereocenters. The second-order valence-electron chi connectivity index (χ2n) is 5.92. The summed E-state index contributed by atoms with van der Waals surface area (Å²) in [4.78, 5) is 34.0. The van der Waals surface area contributed by atoms with Gasteiger partial charge in [-0.05, 0) is 12.8 Å². The Bertz CT molecular complexity index is 719. The molecule has 140 valence electrons. The summed E-state index contributed by atoms with van der Waals surface area (Å²) in [6.45, 7) is -1.35. The van der Waals surface area contributed by atoms with Gasteiger partial charge in [0.15, 0.2) is 0 Å². The van der Waals surface area contributed by atoms with Crippen molar-refractivity contribution in [2.45, 2.75) is 30.3 Å². The van der Waals surface area contributed by atoms with Gasteiger partial charge in [0.05, 0.1) is 5.92 Å². The van der Waals surface area contributed by atoms with Crippen LogP contribution in [0.15, 0.2) is 0 Å². The maximum absolute atomic E-state index is 12.9. The molecule has 1 saturated heterocycles. The molecule has 1 N–H and O–H groups in total. The highest BCUT2D eigenvalue weighted by Gasteiger charge is 2.63. The number of halogens is 2. The second kappa shape index (κ2) is 5.76. The van der Waals surface area contributed by atoms with Crippen molar-refractivity contribution in [3.63, 3.8) is 0 Å². The van der Waals surface area contributed by atoms with Crippen LogP contribution in [-0.2, 0) is 38.7 Å². The minimum Gasteiger partial charge on any atom is -0.458 e. The minimum atomic E-state index is -6.02.